The fourth-order valence-electron chi connectivity index (χ4n) is 3.66. The smallest absolute Gasteiger partial charge is 0.352 e. The van der Waals surface area contributed by atoms with Crippen molar-refractivity contribution in [2.45, 2.75) is 30.3 Å². The molecule has 1 aliphatic carbocycles. The van der Waals surface area contributed by atoms with E-state index >= 15 is 0 Å². The number of hydrogen-bond acceptors (Lipinski definition) is 5. The largest absolute Gasteiger partial charge is 0.419 e. The number of alkyl halides is 3. The standard InChI is InChI=1S/C18H18F4N4O2S/c19-15-5-4-13(11-14(15)18(20,21)22)29(27,28)26-8-6-25(7-9-26)17-10-12-2-1-3-16(12)23-24-17/h4-5,10-11H,1-3,6-9H2. The molecule has 0 bridgehead atoms. The zero-order chi connectivity index (χ0) is 20.8. The topological polar surface area (TPSA) is 66.4 Å². The minimum Gasteiger partial charge on any atom is -0.352 e. The van der Waals surface area contributed by atoms with Gasteiger partial charge in [-0.1, -0.05) is 0 Å². The molecule has 0 atom stereocenters. The zero-order valence-corrected chi connectivity index (χ0v) is 16.1. The molecule has 29 heavy (non-hydrogen) atoms. The van der Waals surface area contributed by atoms with E-state index in [4.69, 9.17) is 0 Å². The molecule has 11 heteroatoms. The maximum absolute atomic E-state index is 13.5. The molecule has 1 aliphatic heterocycles. The number of benzene rings is 1. The van der Waals surface area contributed by atoms with Crippen molar-refractivity contribution in [1.29, 1.82) is 0 Å². The van der Waals surface area contributed by atoms with Gasteiger partial charge in [0.1, 0.15) is 5.82 Å². The molecule has 1 aromatic carbocycles. The van der Waals surface area contributed by atoms with Crippen molar-refractivity contribution in [3.63, 3.8) is 0 Å². The van der Waals surface area contributed by atoms with Gasteiger partial charge in [0.15, 0.2) is 5.82 Å². The Balaban J connectivity index is 1.51. The van der Waals surface area contributed by atoms with Gasteiger partial charge < -0.3 is 4.90 Å². The summed E-state index contributed by atoms with van der Waals surface area (Å²) in [5, 5.41) is 8.43. The van der Waals surface area contributed by atoms with Gasteiger partial charge >= 0.3 is 6.18 Å². The Bertz CT molecular complexity index is 1030. The number of sulfonamides is 1. The molecule has 0 saturated carbocycles. The first-order valence-corrected chi connectivity index (χ1v) is 10.6. The van der Waals surface area contributed by atoms with Crippen molar-refractivity contribution in [3.8, 4) is 0 Å². The van der Waals surface area contributed by atoms with Crippen molar-refractivity contribution in [1.82, 2.24) is 14.5 Å². The Morgan fingerprint density at radius 2 is 1.69 bits per heavy atom. The van der Waals surface area contributed by atoms with Gasteiger partial charge in [0, 0.05) is 26.2 Å². The highest BCUT2D eigenvalue weighted by Crippen LogP contribution is 2.33. The second kappa shape index (κ2) is 7.21. The van der Waals surface area contributed by atoms with Gasteiger partial charge in [-0.2, -0.15) is 22.6 Å². The lowest BCUT2D eigenvalue weighted by molar-refractivity contribution is -0.140. The van der Waals surface area contributed by atoms with Crippen LogP contribution in [0.25, 0.3) is 0 Å². The molecule has 2 aromatic rings. The summed E-state index contributed by atoms with van der Waals surface area (Å²) in [6.07, 6.45) is -2.08. The van der Waals surface area contributed by atoms with E-state index in [9.17, 15) is 26.0 Å². The Morgan fingerprint density at radius 1 is 0.966 bits per heavy atom. The predicted octanol–water partition coefficient (Wildman–Crippen LogP) is 2.63. The van der Waals surface area contributed by atoms with Gasteiger partial charge in [0.05, 0.1) is 16.2 Å². The van der Waals surface area contributed by atoms with Crippen LogP contribution in [0.15, 0.2) is 29.2 Å². The number of rotatable bonds is 3. The van der Waals surface area contributed by atoms with E-state index in [1.54, 1.807) is 0 Å². The normalized spacial score (nSPS) is 18.1. The fourth-order valence-corrected chi connectivity index (χ4v) is 5.11. The molecule has 2 heterocycles. The minimum absolute atomic E-state index is 0.0832. The summed E-state index contributed by atoms with van der Waals surface area (Å²) < 4.78 is 78.9. The first-order valence-electron chi connectivity index (χ1n) is 9.13. The van der Waals surface area contributed by atoms with Crippen molar-refractivity contribution in [2.24, 2.45) is 0 Å². The maximum Gasteiger partial charge on any atom is 0.419 e. The van der Waals surface area contributed by atoms with E-state index in [-0.39, 0.29) is 13.1 Å². The average Bonchev–Trinajstić information content (AvgIpc) is 3.15. The number of piperazine rings is 1. The van der Waals surface area contributed by atoms with Crippen LogP contribution in [0.1, 0.15) is 23.2 Å². The molecule has 0 N–H and O–H groups in total. The molecule has 0 radical (unpaired) electrons. The van der Waals surface area contributed by atoms with Gasteiger partial charge in [0.2, 0.25) is 10.0 Å². The summed E-state index contributed by atoms with van der Waals surface area (Å²) in [4.78, 5) is 1.33. The Hall–Kier alpha value is -2.27. The van der Waals surface area contributed by atoms with Gasteiger partial charge in [-0.25, -0.2) is 12.8 Å². The molecule has 0 spiro atoms. The van der Waals surface area contributed by atoms with Crippen LogP contribution in [-0.4, -0.2) is 49.1 Å². The molecule has 1 fully saturated rings. The maximum atomic E-state index is 13.5. The number of anilines is 1. The minimum atomic E-state index is -4.97. The zero-order valence-electron chi connectivity index (χ0n) is 15.3. The monoisotopic (exact) mass is 430 g/mol. The summed E-state index contributed by atoms with van der Waals surface area (Å²) in [5.74, 6) is -0.833. The second-order valence-corrected chi connectivity index (χ2v) is 9.00. The van der Waals surface area contributed by atoms with Crippen LogP contribution < -0.4 is 4.90 Å². The van der Waals surface area contributed by atoms with Crippen molar-refractivity contribution < 1.29 is 26.0 Å². The first kappa shape index (κ1) is 20.0. The lowest BCUT2D eigenvalue weighted by Gasteiger charge is -2.34. The summed E-state index contributed by atoms with van der Waals surface area (Å²) in [5.41, 5.74) is 0.549. The van der Waals surface area contributed by atoms with Crippen LogP contribution in [0.2, 0.25) is 0 Å². The Morgan fingerprint density at radius 3 is 2.38 bits per heavy atom. The number of nitrogens with zero attached hydrogens (tertiary/aromatic N) is 4. The molecule has 4 rings (SSSR count). The number of aryl methyl sites for hydroxylation is 2. The number of halogens is 4. The molecule has 6 nitrogen and oxygen atoms in total. The highest BCUT2D eigenvalue weighted by atomic mass is 32.2. The number of hydrogen-bond donors (Lipinski definition) is 0. The highest BCUT2D eigenvalue weighted by molar-refractivity contribution is 7.89. The molecule has 1 saturated heterocycles. The predicted molar refractivity (Wildman–Crippen MR) is 96.4 cm³/mol. The highest BCUT2D eigenvalue weighted by Gasteiger charge is 2.37. The van der Waals surface area contributed by atoms with Gasteiger partial charge in [-0.15, -0.1) is 5.10 Å². The second-order valence-electron chi connectivity index (χ2n) is 7.06. The molecular formula is C18H18F4N4O2S. The van der Waals surface area contributed by atoms with E-state index in [1.165, 1.54) is 0 Å². The van der Waals surface area contributed by atoms with E-state index in [2.05, 4.69) is 10.2 Å². The average molecular weight is 430 g/mol. The summed E-state index contributed by atoms with van der Waals surface area (Å²) in [6.45, 7) is 0.833. The Labute approximate surface area is 165 Å². The summed E-state index contributed by atoms with van der Waals surface area (Å²) >= 11 is 0. The molecule has 1 aromatic heterocycles. The number of fused-ring (bicyclic) bond motifs is 1. The van der Waals surface area contributed by atoms with E-state index < -0.39 is 32.5 Å². The third kappa shape index (κ3) is 3.80. The quantitative estimate of drug-likeness (QED) is 0.701. The summed E-state index contributed by atoms with van der Waals surface area (Å²) in [6, 6.07) is 3.71. The first-order chi connectivity index (χ1) is 13.7. The van der Waals surface area contributed by atoms with E-state index in [1.807, 2.05) is 11.0 Å². The van der Waals surface area contributed by atoms with Crippen LogP contribution in [0, 0.1) is 5.82 Å². The molecule has 156 valence electrons. The SMILES string of the molecule is O=S(=O)(c1ccc(F)c(C(F)(F)F)c1)N1CCN(c2cc3c(nn2)CCC3)CC1. The lowest BCUT2D eigenvalue weighted by atomic mass is 10.2. The van der Waals surface area contributed by atoms with Crippen molar-refractivity contribution >= 4 is 15.8 Å². The van der Waals surface area contributed by atoms with Crippen LogP contribution in [0.5, 0.6) is 0 Å². The molecular weight excluding hydrogens is 412 g/mol. The fraction of sp³-hybridized carbons (Fsp3) is 0.444. The van der Waals surface area contributed by atoms with Crippen molar-refractivity contribution in [3.05, 3.63) is 46.9 Å². The lowest BCUT2D eigenvalue weighted by Crippen LogP contribution is -2.49. The molecule has 2 aliphatic rings. The van der Waals surface area contributed by atoms with Crippen LogP contribution in [0.4, 0.5) is 23.4 Å². The Kier molecular flexibility index (Phi) is 4.97. The van der Waals surface area contributed by atoms with Gasteiger partial charge in [0.25, 0.3) is 0 Å². The van der Waals surface area contributed by atoms with Crippen molar-refractivity contribution in [2.75, 3.05) is 31.1 Å². The van der Waals surface area contributed by atoms with Crippen LogP contribution in [-0.2, 0) is 29.0 Å². The number of aromatic nitrogens is 2. The molecule has 0 unspecified atom stereocenters. The van der Waals surface area contributed by atoms with Gasteiger partial charge in [-0.05, 0) is 49.1 Å². The van der Waals surface area contributed by atoms with Crippen LogP contribution >= 0.6 is 0 Å². The van der Waals surface area contributed by atoms with E-state index in [0.29, 0.717) is 31.0 Å². The third-order valence-electron chi connectivity index (χ3n) is 5.25. The third-order valence-corrected chi connectivity index (χ3v) is 7.15. The molecule has 0 amide bonds. The summed E-state index contributed by atoms with van der Waals surface area (Å²) in [7, 11) is -4.17. The van der Waals surface area contributed by atoms with E-state index in [0.717, 1.165) is 40.9 Å². The van der Waals surface area contributed by atoms with Crippen LogP contribution in [0.3, 0.4) is 0 Å². The van der Waals surface area contributed by atoms with Gasteiger partial charge in [-0.3, -0.25) is 0 Å².